The van der Waals surface area contributed by atoms with E-state index in [1.807, 2.05) is 66.4 Å². The van der Waals surface area contributed by atoms with Crippen molar-refractivity contribution in [3.8, 4) is 0 Å². The molecule has 1 aliphatic heterocycles. The minimum atomic E-state index is -4.09. The highest BCUT2D eigenvalue weighted by molar-refractivity contribution is 7.90. The average Bonchev–Trinajstić information content (AvgIpc) is 2.79. The first-order valence-corrected chi connectivity index (χ1v) is 11.4. The molecule has 2 radical (unpaired) electrons. The van der Waals surface area contributed by atoms with Crippen LogP contribution in [0.1, 0.15) is 22.7 Å². The van der Waals surface area contributed by atoms with Crippen LogP contribution in [0.25, 0.3) is 0 Å². The van der Waals surface area contributed by atoms with E-state index in [1.165, 1.54) is 12.1 Å². The second-order valence-corrected chi connectivity index (χ2v) is 9.27. The number of non-ortho nitro benzene ring substituents is 1. The van der Waals surface area contributed by atoms with Crippen molar-refractivity contribution in [1.29, 1.82) is 0 Å². The molecule has 3 aromatic carbocycles. The first-order valence-electron chi connectivity index (χ1n) is 9.98. The average molecular weight is 445 g/mol. The van der Waals surface area contributed by atoms with E-state index in [9.17, 15) is 18.5 Å². The Morgan fingerprint density at radius 1 is 1.00 bits per heavy atom. The molecule has 32 heavy (non-hydrogen) atoms. The van der Waals surface area contributed by atoms with Gasteiger partial charge >= 0.3 is 0 Å². The highest BCUT2D eigenvalue weighted by Gasteiger charge is 2.43. The van der Waals surface area contributed by atoms with Crippen molar-refractivity contribution in [2.45, 2.75) is 30.2 Å². The van der Waals surface area contributed by atoms with Crippen molar-refractivity contribution in [3.63, 3.8) is 0 Å². The number of likely N-dealkylation sites (tertiary alicyclic amines) is 1. The number of amidine groups is 1. The Bertz CT molecular complexity index is 1260. The third-order valence-corrected chi connectivity index (χ3v) is 6.74. The van der Waals surface area contributed by atoms with Gasteiger partial charge in [0.1, 0.15) is 5.84 Å². The zero-order valence-corrected chi connectivity index (χ0v) is 18.1. The van der Waals surface area contributed by atoms with Gasteiger partial charge in [-0.2, -0.15) is 8.42 Å². The molecular weight excluding hydrogens is 425 g/mol. The lowest BCUT2D eigenvalue weighted by atomic mass is 9.69. The van der Waals surface area contributed by atoms with Crippen LogP contribution in [0.15, 0.2) is 88.2 Å². The van der Waals surface area contributed by atoms with Crippen LogP contribution < -0.4 is 0 Å². The fourth-order valence-electron chi connectivity index (χ4n) is 3.72. The monoisotopic (exact) mass is 445 g/mol. The lowest BCUT2D eigenvalue weighted by molar-refractivity contribution is -0.384. The fourth-order valence-corrected chi connectivity index (χ4v) is 4.78. The Labute approximate surface area is 188 Å². The number of nitro groups is 1. The molecule has 0 amide bonds. The lowest BCUT2D eigenvalue weighted by Gasteiger charge is -2.50. The summed E-state index contributed by atoms with van der Waals surface area (Å²) in [6.45, 7) is 2.45. The smallest absolute Gasteiger partial charge is 0.283 e. The van der Waals surface area contributed by atoms with Crippen LogP contribution in [-0.4, -0.2) is 31.9 Å². The van der Waals surface area contributed by atoms with Crippen LogP contribution in [0, 0.1) is 17.0 Å². The van der Waals surface area contributed by atoms with E-state index in [0.717, 1.165) is 28.8 Å². The number of benzene rings is 3. The molecule has 4 rings (SSSR count). The lowest BCUT2D eigenvalue weighted by Crippen LogP contribution is -2.51. The molecule has 0 aliphatic carbocycles. The van der Waals surface area contributed by atoms with E-state index in [0.29, 0.717) is 6.54 Å². The van der Waals surface area contributed by atoms with Gasteiger partial charge in [-0.25, -0.2) is 0 Å². The van der Waals surface area contributed by atoms with Gasteiger partial charge in [0, 0.05) is 24.5 Å². The van der Waals surface area contributed by atoms with Crippen LogP contribution in [-0.2, 0) is 16.6 Å². The van der Waals surface area contributed by atoms with Crippen LogP contribution in [0.3, 0.4) is 0 Å². The number of aryl methyl sites for hydroxylation is 1. The Kier molecular flexibility index (Phi) is 5.84. The molecule has 3 aromatic rings. The predicted molar refractivity (Wildman–Crippen MR) is 123 cm³/mol. The molecule has 1 aliphatic rings. The van der Waals surface area contributed by atoms with Gasteiger partial charge in [-0.15, -0.1) is 4.40 Å². The summed E-state index contributed by atoms with van der Waals surface area (Å²) in [5.74, 6) is -0.339. The van der Waals surface area contributed by atoms with Crippen molar-refractivity contribution >= 4 is 29.4 Å². The van der Waals surface area contributed by atoms with Gasteiger partial charge in [0.15, 0.2) is 0 Å². The van der Waals surface area contributed by atoms with Gasteiger partial charge in [-0.1, -0.05) is 60.2 Å². The Hall–Kier alpha value is -3.46. The molecule has 0 bridgehead atoms. The normalized spacial score (nSPS) is 19.5. The Balaban J connectivity index is 1.69. The molecule has 1 fully saturated rings. The minimum Gasteiger partial charge on any atom is -0.348 e. The summed E-state index contributed by atoms with van der Waals surface area (Å²) in [4.78, 5) is 12.0. The highest BCUT2D eigenvalue weighted by atomic mass is 32.2. The third-order valence-electron chi connectivity index (χ3n) is 5.44. The maximum atomic E-state index is 12.9. The molecule has 1 heterocycles. The van der Waals surface area contributed by atoms with Crippen molar-refractivity contribution < 1.29 is 13.3 Å². The summed E-state index contributed by atoms with van der Waals surface area (Å²) < 4.78 is 29.8. The molecule has 0 saturated carbocycles. The number of nitrogens with zero attached hydrogens (tertiary/aromatic N) is 3. The maximum absolute atomic E-state index is 12.9. The van der Waals surface area contributed by atoms with E-state index in [4.69, 9.17) is 7.85 Å². The van der Waals surface area contributed by atoms with Gasteiger partial charge in [0.25, 0.3) is 15.7 Å². The molecule has 9 heteroatoms. The zero-order valence-electron chi connectivity index (χ0n) is 17.3. The topological polar surface area (TPSA) is 92.9 Å². The van der Waals surface area contributed by atoms with E-state index >= 15 is 0 Å². The van der Waals surface area contributed by atoms with Crippen LogP contribution in [0.5, 0.6) is 0 Å². The molecule has 7 nitrogen and oxygen atoms in total. The number of hydrogen-bond donors (Lipinski definition) is 0. The molecule has 0 aromatic heterocycles. The van der Waals surface area contributed by atoms with Crippen LogP contribution in [0.4, 0.5) is 5.69 Å². The van der Waals surface area contributed by atoms with E-state index in [-0.39, 0.29) is 22.5 Å². The number of sulfonamides is 1. The van der Waals surface area contributed by atoms with Crippen molar-refractivity contribution in [2.75, 3.05) is 0 Å². The molecule has 2 atom stereocenters. The fraction of sp³-hybridized carbons (Fsp3) is 0.174. The molecule has 0 spiro atoms. The Morgan fingerprint density at radius 2 is 1.62 bits per heavy atom. The van der Waals surface area contributed by atoms with E-state index < -0.39 is 20.8 Å². The first kappa shape index (κ1) is 21.8. The summed E-state index contributed by atoms with van der Waals surface area (Å²) in [6, 6.07) is 22.0. The number of rotatable bonds is 6. The molecular formula is C23H20BN3O4S. The van der Waals surface area contributed by atoms with Crippen molar-refractivity contribution in [1.82, 2.24) is 4.90 Å². The van der Waals surface area contributed by atoms with Gasteiger partial charge in [-0.3, -0.25) is 10.1 Å². The second kappa shape index (κ2) is 8.59. The molecule has 160 valence electrons. The second-order valence-electron chi connectivity index (χ2n) is 7.67. The van der Waals surface area contributed by atoms with Crippen molar-refractivity contribution in [2.24, 2.45) is 4.40 Å². The Morgan fingerprint density at radius 3 is 2.22 bits per heavy atom. The summed E-state index contributed by atoms with van der Waals surface area (Å²) >= 11 is 0. The first-order chi connectivity index (χ1) is 15.3. The third kappa shape index (κ3) is 4.29. The quantitative estimate of drug-likeness (QED) is 0.322. The molecule has 0 N–H and O–H groups in total. The van der Waals surface area contributed by atoms with Gasteiger partial charge in [-0.05, 0) is 30.2 Å². The number of hydrogen-bond acceptors (Lipinski definition) is 4. The van der Waals surface area contributed by atoms with Gasteiger partial charge < -0.3 is 4.90 Å². The van der Waals surface area contributed by atoms with Crippen LogP contribution in [0.2, 0.25) is 5.82 Å². The van der Waals surface area contributed by atoms with E-state index in [2.05, 4.69) is 4.40 Å². The zero-order chi connectivity index (χ0) is 22.9. The largest absolute Gasteiger partial charge is 0.348 e. The van der Waals surface area contributed by atoms with Crippen molar-refractivity contribution in [3.05, 3.63) is 106 Å². The summed E-state index contributed by atoms with van der Waals surface area (Å²) in [6.07, 6.45) is 0. The SMILES string of the molecule is [B][C@H]1/C(=N\S(=O)(=O)c2ccc([N+](=O)[O-])cc2)N(Cc2ccc(C)cc2)[C@@H]1c1ccccc1. The van der Waals surface area contributed by atoms with Gasteiger partial charge in [0.2, 0.25) is 0 Å². The minimum absolute atomic E-state index is 0.124. The summed E-state index contributed by atoms with van der Waals surface area (Å²) in [5.41, 5.74) is 2.91. The predicted octanol–water partition coefficient (Wildman–Crippen LogP) is 4.20. The van der Waals surface area contributed by atoms with Crippen LogP contribution >= 0.6 is 0 Å². The summed E-state index contributed by atoms with van der Waals surface area (Å²) in [5, 5.41) is 10.9. The number of nitro benzene ring substituents is 1. The van der Waals surface area contributed by atoms with Gasteiger partial charge in [0.05, 0.1) is 23.7 Å². The van der Waals surface area contributed by atoms with E-state index in [1.54, 1.807) is 0 Å². The molecule has 1 saturated heterocycles. The highest BCUT2D eigenvalue weighted by Crippen LogP contribution is 2.44. The summed E-state index contributed by atoms with van der Waals surface area (Å²) in [7, 11) is 2.30. The maximum Gasteiger partial charge on any atom is 0.283 e. The molecule has 0 unspecified atom stereocenters. The standard InChI is InChI=1S/C23H20BN3O4S/c1-16-7-9-17(10-8-16)15-26-22(18-5-3-2-4-6-18)21(24)23(26)25-32(30,31)20-13-11-19(12-14-20)27(28)29/h2-14,21-22H,15H2,1H3/b25-23+/t21-,22-/m1/s1.